The Balaban J connectivity index is 1.94. The Bertz CT molecular complexity index is 980. The molecule has 0 saturated carbocycles. The molecule has 0 amide bonds. The number of aromatic nitrogens is 3. The number of benzene rings is 1. The van der Waals surface area contributed by atoms with Crippen molar-refractivity contribution in [2.24, 2.45) is 0 Å². The maximum absolute atomic E-state index is 14.4. The van der Waals surface area contributed by atoms with Crippen LogP contribution in [0.1, 0.15) is 23.2 Å². The van der Waals surface area contributed by atoms with Crippen LogP contribution in [0.2, 0.25) is 0 Å². The molecule has 5 nitrogen and oxygen atoms in total. The minimum atomic E-state index is -0.857. The molecule has 0 bridgehead atoms. The number of fused-ring (bicyclic) bond motifs is 1. The predicted molar refractivity (Wildman–Crippen MR) is 85.1 cm³/mol. The van der Waals surface area contributed by atoms with Gasteiger partial charge in [0.1, 0.15) is 22.9 Å². The Kier molecular flexibility index (Phi) is 3.67. The molecule has 2 aromatic heterocycles. The third-order valence-electron chi connectivity index (χ3n) is 4.29. The second-order valence-corrected chi connectivity index (χ2v) is 5.88. The molecule has 0 spiro atoms. The predicted octanol–water partition coefficient (Wildman–Crippen LogP) is 3.23. The fourth-order valence-corrected chi connectivity index (χ4v) is 3.09. The molecule has 8 heteroatoms. The topological polar surface area (TPSA) is 50.5 Å². The van der Waals surface area contributed by atoms with E-state index in [2.05, 4.69) is 10.1 Å². The fourth-order valence-electron chi connectivity index (χ4n) is 3.09. The minimum Gasteiger partial charge on any atom is -0.354 e. The number of carbonyl (C=O) groups excluding carboxylic acids is 1. The fraction of sp³-hybridized carbons (Fsp3) is 0.235. The molecular weight excluding hydrogens is 333 g/mol. The van der Waals surface area contributed by atoms with Gasteiger partial charge < -0.3 is 4.90 Å². The highest BCUT2D eigenvalue weighted by Gasteiger charge is 2.24. The summed E-state index contributed by atoms with van der Waals surface area (Å²) >= 11 is 0. The third-order valence-corrected chi connectivity index (χ3v) is 4.29. The van der Waals surface area contributed by atoms with E-state index in [9.17, 15) is 18.0 Å². The van der Waals surface area contributed by atoms with Crippen molar-refractivity contribution in [3.8, 4) is 11.3 Å². The molecule has 1 aromatic carbocycles. The summed E-state index contributed by atoms with van der Waals surface area (Å²) in [6.07, 6.45) is 3.59. The molecule has 1 saturated heterocycles. The summed E-state index contributed by atoms with van der Waals surface area (Å²) in [7, 11) is 0. The van der Waals surface area contributed by atoms with Crippen molar-refractivity contribution in [1.82, 2.24) is 14.6 Å². The number of nitrogens with zero attached hydrogens (tertiary/aromatic N) is 4. The van der Waals surface area contributed by atoms with Crippen molar-refractivity contribution in [2.75, 3.05) is 18.0 Å². The summed E-state index contributed by atoms with van der Waals surface area (Å²) in [6.45, 7) is 1.50. The minimum absolute atomic E-state index is 0.108. The zero-order chi connectivity index (χ0) is 17.6. The van der Waals surface area contributed by atoms with Crippen LogP contribution >= 0.6 is 0 Å². The maximum atomic E-state index is 14.4. The van der Waals surface area contributed by atoms with E-state index in [0.717, 1.165) is 54.8 Å². The largest absolute Gasteiger partial charge is 0.354 e. The average molecular weight is 346 g/mol. The van der Waals surface area contributed by atoms with E-state index in [1.807, 2.05) is 4.90 Å². The highest BCUT2D eigenvalue weighted by Crippen LogP contribution is 2.29. The lowest BCUT2D eigenvalue weighted by atomic mass is 10.1. The van der Waals surface area contributed by atoms with Gasteiger partial charge in [-0.3, -0.25) is 4.79 Å². The van der Waals surface area contributed by atoms with E-state index in [0.29, 0.717) is 12.1 Å². The summed E-state index contributed by atoms with van der Waals surface area (Å²) in [5.41, 5.74) is -0.349. The molecule has 128 valence electrons. The number of anilines is 1. The number of hydrogen-bond acceptors (Lipinski definition) is 4. The smallest absolute Gasteiger partial charge is 0.168 e. The van der Waals surface area contributed by atoms with E-state index >= 15 is 0 Å². The maximum Gasteiger partial charge on any atom is 0.168 e. The standard InChI is InChI=1S/C17H13F3N4O/c18-10-3-4-13(19)11(7-10)15-14(20)8-24-16(21-15)12(9-25)17(22-24)23-5-1-2-6-23/h3-4,7-9H,1-2,5-6H2. The summed E-state index contributed by atoms with van der Waals surface area (Å²) < 4.78 is 43.0. The first-order valence-corrected chi connectivity index (χ1v) is 7.83. The van der Waals surface area contributed by atoms with Crippen LogP contribution in [0.3, 0.4) is 0 Å². The lowest BCUT2D eigenvalue weighted by molar-refractivity contribution is 0.112. The molecule has 0 N–H and O–H groups in total. The molecule has 3 heterocycles. The zero-order valence-corrected chi connectivity index (χ0v) is 13.0. The van der Waals surface area contributed by atoms with Gasteiger partial charge in [-0.1, -0.05) is 0 Å². The third kappa shape index (κ3) is 2.54. The van der Waals surface area contributed by atoms with Crippen molar-refractivity contribution in [2.45, 2.75) is 12.8 Å². The van der Waals surface area contributed by atoms with Gasteiger partial charge in [-0.2, -0.15) is 0 Å². The summed E-state index contributed by atoms with van der Waals surface area (Å²) in [5.74, 6) is -1.94. The Hall–Kier alpha value is -2.90. The molecular formula is C17H13F3N4O. The molecule has 0 radical (unpaired) electrons. The van der Waals surface area contributed by atoms with Crippen LogP contribution in [-0.2, 0) is 0 Å². The van der Waals surface area contributed by atoms with Crippen LogP contribution in [0, 0.1) is 17.5 Å². The van der Waals surface area contributed by atoms with Crippen LogP contribution in [0.25, 0.3) is 16.9 Å². The number of aldehydes is 1. The van der Waals surface area contributed by atoms with Crippen LogP contribution in [0.5, 0.6) is 0 Å². The number of halogens is 3. The molecule has 1 aliphatic heterocycles. The molecule has 3 aromatic rings. The molecule has 0 unspecified atom stereocenters. The van der Waals surface area contributed by atoms with E-state index < -0.39 is 17.5 Å². The Morgan fingerprint density at radius 2 is 1.84 bits per heavy atom. The van der Waals surface area contributed by atoms with Crippen molar-refractivity contribution in [3.63, 3.8) is 0 Å². The Morgan fingerprint density at radius 3 is 2.56 bits per heavy atom. The molecule has 1 fully saturated rings. The van der Waals surface area contributed by atoms with Crippen LogP contribution in [0.4, 0.5) is 19.0 Å². The highest BCUT2D eigenvalue weighted by molar-refractivity contribution is 5.92. The van der Waals surface area contributed by atoms with E-state index in [4.69, 9.17) is 0 Å². The quantitative estimate of drug-likeness (QED) is 0.683. The Labute approximate surface area is 140 Å². The first-order chi connectivity index (χ1) is 12.1. The zero-order valence-electron chi connectivity index (χ0n) is 13.0. The summed E-state index contributed by atoms with van der Waals surface area (Å²) in [5, 5.41) is 4.24. The van der Waals surface area contributed by atoms with Gasteiger partial charge in [0, 0.05) is 18.7 Å². The van der Waals surface area contributed by atoms with Gasteiger partial charge in [-0.15, -0.1) is 5.10 Å². The van der Waals surface area contributed by atoms with Gasteiger partial charge in [0.05, 0.1) is 6.20 Å². The van der Waals surface area contributed by atoms with Crippen LogP contribution in [-0.4, -0.2) is 34.0 Å². The lowest BCUT2D eigenvalue weighted by Crippen LogP contribution is -2.19. The van der Waals surface area contributed by atoms with Crippen LogP contribution in [0.15, 0.2) is 24.4 Å². The van der Waals surface area contributed by atoms with Gasteiger partial charge in [0.15, 0.2) is 23.6 Å². The van der Waals surface area contributed by atoms with Crippen molar-refractivity contribution in [3.05, 3.63) is 47.4 Å². The monoisotopic (exact) mass is 346 g/mol. The second kappa shape index (κ2) is 5.87. The normalized spacial score (nSPS) is 14.4. The molecule has 4 rings (SSSR count). The van der Waals surface area contributed by atoms with Crippen molar-refractivity contribution in [1.29, 1.82) is 0 Å². The summed E-state index contributed by atoms with van der Waals surface area (Å²) in [6, 6.07) is 2.72. The van der Waals surface area contributed by atoms with Crippen LogP contribution < -0.4 is 4.90 Å². The van der Waals surface area contributed by atoms with Gasteiger partial charge in [0.25, 0.3) is 0 Å². The average Bonchev–Trinajstić information content (AvgIpc) is 3.23. The molecule has 25 heavy (non-hydrogen) atoms. The highest BCUT2D eigenvalue weighted by atomic mass is 19.1. The second-order valence-electron chi connectivity index (χ2n) is 5.88. The molecule has 1 aliphatic rings. The number of carbonyl (C=O) groups is 1. The SMILES string of the molecule is O=Cc1c(N2CCCC2)nn2cc(F)c(-c3cc(F)ccc3F)nc12. The van der Waals surface area contributed by atoms with Crippen molar-refractivity contribution < 1.29 is 18.0 Å². The number of hydrogen-bond donors (Lipinski definition) is 0. The van der Waals surface area contributed by atoms with E-state index in [1.165, 1.54) is 0 Å². The van der Waals surface area contributed by atoms with Gasteiger partial charge in [0.2, 0.25) is 0 Å². The summed E-state index contributed by atoms with van der Waals surface area (Å²) in [4.78, 5) is 17.6. The Morgan fingerprint density at radius 1 is 1.08 bits per heavy atom. The van der Waals surface area contributed by atoms with E-state index in [1.54, 1.807) is 0 Å². The van der Waals surface area contributed by atoms with Gasteiger partial charge in [-0.05, 0) is 31.0 Å². The number of rotatable bonds is 3. The van der Waals surface area contributed by atoms with E-state index in [-0.39, 0.29) is 22.5 Å². The van der Waals surface area contributed by atoms with Gasteiger partial charge >= 0.3 is 0 Å². The van der Waals surface area contributed by atoms with Gasteiger partial charge in [-0.25, -0.2) is 22.7 Å². The molecule has 0 atom stereocenters. The first kappa shape index (κ1) is 15.6. The van der Waals surface area contributed by atoms with Crippen molar-refractivity contribution >= 4 is 17.8 Å². The first-order valence-electron chi connectivity index (χ1n) is 7.83. The molecule has 0 aliphatic carbocycles. The lowest BCUT2D eigenvalue weighted by Gasteiger charge is -2.13.